The van der Waals surface area contributed by atoms with Crippen LogP contribution in [-0.2, 0) is 6.42 Å². The standard InChI is InChI=1S/C10H11N5O3/c11-8-5-7(15(16)17)1-2-9(8)12-4-3-10-13-6-14-18-10/h1-2,5-6,12H,3-4,11H2. The Hall–Kier alpha value is -2.64. The molecule has 1 aromatic heterocycles. The first-order valence-corrected chi connectivity index (χ1v) is 5.20. The lowest BCUT2D eigenvalue weighted by molar-refractivity contribution is -0.384. The first-order chi connectivity index (χ1) is 8.66. The first-order valence-electron chi connectivity index (χ1n) is 5.20. The molecule has 1 aromatic carbocycles. The van der Waals surface area contributed by atoms with Gasteiger partial charge in [-0.05, 0) is 6.07 Å². The number of nitrogen functional groups attached to an aromatic ring is 1. The molecule has 0 unspecified atom stereocenters. The summed E-state index contributed by atoms with van der Waals surface area (Å²) < 4.78 is 4.83. The SMILES string of the molecule is Nc1cc([N+](=O)[O-])ccc1NCCc1ncno1. The van der Waals surface area contributed by atoms with E-state index in [1.54, 1.807) is 6.07 Å². The second-order valence-electron chi connectivity index (χ2n) is 3.54. The third kappa shape index (κ3) is 2.73. The van der Waals surface area contributed by atoms with Crippen LogP contribution in [0.5, 0.6) is 0 Å². The van der Waals surface area contributed by atoms with Gasteiger partial charge in [0.05, 0.1) is 16.3 Å². The molecule has 3 N–H and O–H groups in total. The van der Waals surface area contributed by atoms with Crippen LogP contribution in [0.15, 0.2) is 29.0 Å². The lowest BCUT2D eigenvalue weighted by Gasteiger charge is -2.07. The summed E-state index contributed by atoms with van der Waals surface area (Å²) in [4.78, 5) is 13.9. The fourth-order valence-corrected chi connectivity index (χ4v) is 1.43. The zero-order chi connectivity index (χ0) is 13.0. The maximum absolute atomic E-state index is 10.5. The molecule has 0 aliphatic heterocycles. The van der Waals surface area contributed by atoms with E-state index in [1.807, 2.05) is 0 Å². The number of benzene rings is 1. The molecule has 2 aromatic rings. The van der Waals surface area contributed by atoms with E-state index in [-0.39, 0.29) is 5.69 Å². The molecule has 0 amide bonds. The summed E-state index contributed by atoms with van der Waals surface area (Å²) in [5.41, 5.74) is 6.64. The molecule has 18 heavy (non-hydrogen) atoms. The van der Waals surface area contributed by atoms with Crippen molar-refractivity contribution in [1.29, 1.82) is 0 Å². The lowest BCUT2D eigenvalue weighted by Crippen LogP contribution is -2.07. The van der Waals surface area contributed by atoms with Gasteiger partial charge in [0.15, 0.2) is 6.33 Å². The molecule has 0 saturated heterocycles. The molecule has 0 aliphatic carbocycles. The van der Waals surface area contributed by atoms with E-state index in [2.05, 4.69) is 15.5 Å². The van der Waals surface area contributed by atoms with Crippen molar-refractivity contribution in [1.82, 2.24) is 10.1 Å². The summed E-state index contributed by atoms with van der Waals surface area (Å²) in [5.74, 6) is 0.517. The highest BCUT2D eigenvalue weighted by atomic mass is 16.6. The Morgan fingerprint density at radius 2 is 2.33 bits per heavy atom. The first kappa shape index (κ1) is 11.8. The number of nitro benzene ring substituents is 1. The number of hydrogen-bond donors (Lipinski definition) is 2. The van der Waals surface area contributed by atoms with Crippen LogP contribution in [0.25, 0.3) is 0 Å². The molecule has 0 radical (unpaired) electrons. The molecule has 0 atom stereocenters. The van der Waals surface area contributed by atoms with Crippen LogP contribution in [0.2, 0.25) is 0 Å². The Kier molecular flexibility index (Phi) is 3.37. The highest BCUT2D eigenvalue weighted by molar-refractivity contribution is 5.69. The van der Waals surface area contributed by atoms with Gasteiger partial charge in [0.25, 0.3) is 5.69 Å². The third-order valence-electron chi connectivity index (χ3n) is 2.31. The minimum absolute atomic E-state index is 0.0325. The average Bonchev–Trinajstić information content (AvgIpc) is 2.84. The van der Waals surface area contributed by atoms with Gasteiger partial charge in [-0.25, -0.2) is 0 Å². The van der Waals surface area contributed by atoms with Crippen LogP contribution in [0.1, 0.15) is 5.89 Å². The average molecular weight is 249 g/mol. The molecule has 2 rings (SSSR count). The Bertz CT molecular complexity index is 540. The van der Waals surface area contributed by atoms with Gasteiger partial charge >= 0.3 is 0 Å². The van der Waals surface area contributed by atoms with E-state index in [0.717, 1.165) is 0 Å². The minimum Gasteiger partial charge on any atom is -0.397 e. The van der Waals surface area contributed by atoms with Gasteiger partial charge < -0.3 is 15.6 Å². The second kappa shape index (κ2) is 5.13. The zero-order valence-corrected chi connectivity index (χ0v) is 9.37. The molecular weight excluding hydrogens is 238 g/mol. The third-order valence-corrected chi connectivity index (χ3v) is 2.31. The van der Waals surface area contributed by atoms with E-state index in [1.165, 1.54) is 18.5 Å². The summed E-state index contributed by atoms with van der Waals surface area (Å²) in [6.07, 6.45) is 1.88. The maximum atomic E-state index is 10.5. The normalized spacial score (nSPS) is 10.2. The fraction of sp³-hybridized carbons (Fsp3) is 0.200. The number of anilines is 2. The van der Waals surface area contributed by atoms with Crippen LogP contribution in [0.3, 0.4) is 0 Å². The Morgan fingerprint density at radius 3 is 2.94 bits per heavy atom. The molecule has 94 valence electrons. The lowest BCUT2D eigenvalue weighted by atomic mass is 10.2. The van der Waals surface area contributed by atoms with Crippen molar-refractivity contribution in [3.8, 4) is 0 Å². The molecule has 0 spiro atoms. The van der Waals surface area contributed by atoms with Gasteiger partial charge in [-0.1, -0.05) is 5.16 Å². The molecule has 0 fully saturated rings. The summed E-state index contributed by atoms with van der Waals surface area (Å²) in [6.45, 7) is 0.546. The molecule has 0 aliphatic rings. The monoisotopic (exact) mass is 249 g/mol. The summed E-state index contributed by atoms with van der Waals surface area (Å²) >= 11 is 0. The molecule has 8 nitrogen and oxygen atoms in total. The Labute approximate surface area is 102 Å². The van der Waals surface area contributed by atoms with Crippen LogP contribution in [-0.4, -0.2) is 21.6 Å². The van der Waals surface area contributed by atoms with Crippen LogP contribution < -0.4 is 11.1 Å². The molecule has 8 heteroatoms. The number of non-ortho nitro benzene ring substituents is 1. The van der Waals surface area contributed by atoms with Gasteiger partial charge in [-0.15, -0.1) is 0 Å². The number of hydrogen-bond acceptors (Lipinski definition) is 7. The highest BCUT2D eigenvalue weighted by Gasteiger charge is 2.08. The molecular formula is C10H11N5O3. The minimum atomic E-state index is -0.488. The molecule has 1 heterocycles. The van der Waals surface area contributed by atoms with E-state index >= 15 is 0 Å². The van der Waals surface area contributed by atoms with Gasteiger partial charge in [0.2, 0.25) is 5.89 Å². The zero-order valence-electron chi connectivity index (χ0n) is 9.37. The summed E-state index contributed by atoms with van der Waals surface area (Å²) in [6, 6.07) is 4.28. The number of nitrogens with two attached hydrogens (primary N) is 1. The molecule has 0 bridgehead atoms. The van der Waals surface area contributed by atoms with Gasteiger partial charge in [0, 0.05) is 25.1 Å². The maximum Gasteiger partial charge on any atom is 0.271 e. The van der Waals surface area contributed by atoms with E-state index in [4.69, 9.17) is 10.3 Å². The van der Waals surface area contributed by atoms with Crippen molar-refractivity contribution in [2.75, 3.05) is 17.6 Å². The number of nitrogens with one attached hydrogen (secondary N) is 1. The molecule has 0 saturated carbocycles. The van der Waals surface area contributed by atoms with E-state index < -0.39 is 4.92 Å². The predicted octanol–water partition coefficient (Wildman–Crippen LogP) is 1.21. The number of aromatic nitrogens is 2. The topological polar surface area (TPSA) is 120 Å². The highest BCUT2D eigenvalue weighted by Crippen LogP contribution is 2.23. The van der Waals surface area contributed by atoms with Crippen molar-refractivity contribution < 1.29 is 9.45 Å². The Morgan fingerprint density at radius 1 is 1.50 bits per heavy atom. The van der Waals surface area contributed by atoms with Gasteiger partial charge in [-0.2, -0.15) is 4.98 Å². The fourth-order valence-electron chi connectivity index (χ4n) is 1.43. The number of nitrogens with zero attached hydrogens (tertiary/aromatic N) is 3. The summed E-state index contributed by atoms with van der Waals surface area (Å²) in [5, 5.41) is 17.1. The van der Waals surface area contributed by atoms with Gasteiger partial charge in [0.1, 0.15) is 0 Å². The summed E-state index contributed by atoms with van der Waals surface area (Å²) in [7, 11) is 0. The van der Waals surface area contributed by atoms with Crippen molar-refractivity contribution >= 4 is 17.1 Å². The second-order valence-corrected chi connectivity index (χ2v) is 3.54. The Balaban J connectivity index is 1.95. The van der Waals surface area contributed by atoms with Crippen molar-refractivity contribution in [3.05, 3.63) is 40.5 Å². The van der Waals surface area contributed by atoms with Crippen molar-refractivity contribution in [2.45, 2.75) is 6.42 Å². The van der Waals surface area contributed by atoms with Crippen LogP contribution >= 0.6 is 0 Å². The smallest absolute Gasteiger partial charge is 0.271 e. The quantitative estimate of drug-likeness (QED) is 0.464. The number of nitro groups is 1. The number of rotatable bonds is 5. The van der Waals surface area contributed by atoms with E-state index in [0.29, 0.717) is 30.2 Å². The van der Waals surface area contributed by atoms with Crippen LogP contribution in [0, 0.1) is 10.1 Å². The van der Waals surface area contributed by atoms with E-state index in [9.17, 15) is 10.1 Å². The van der Waals surface area contributed by atoms with Gasteiger partial charge in [-0.3, -0.25) is 10.1 Å². The van der Waals surface area contributed by atoms with Crippen molar-refractivity contribution in [3.63, 3.8) is 0 Å². The van der Waals surface area contributed by atoms with Crippen molar-refractivity contribution in [2.24, 2.45) is 0 Å². The predicted molar refractivity (Wildman–Crippen MR) is 64.0 cm³/mol. The largest absolute Gasteiger partial charge is 0.397 e. The van der Waals surface area contributed by atoms with Crippen LogP contribution in [0.4, 0.5) is 17.1 Å².